The Balaban J connectivity index is 1.75. The van der Waals surface area contributed by atoms with E-state index in [1.807, 2.05) is 48.2 Å². The highest BCUT2D eigenvalue weighted by molar-refractivity contribution is 8.01. The molecule has 0 radical (unpaired) electrons. The number of fused-ring (bicyclic) bond motifs is 1. The van der Waals surface area contributed by atoms with E-state index in [1.165, 1.54) is 23.1 Å². The van der Waals surface area contributed by atoms with Crippen molar-refractivity contribution in [3.63, 3.8) is 0 Å². The minimum absolute atomic E-state index is 0.126. The van der Waals surface area contributed by atoms with Crippen LogP contribution in [-0.2, 0) is 4.79 Å². The number of aromatic nitrogens is 2. The van der Waals surface area contributed by atoms with Gasteiger partial charge < -0.3 is 15.1 Å². The fourth-order valence-electron chi connectivity index (χ4n) is 2.76. The Morgan fingerprint density at radius 1 is 1.33 bits per heavy atom. The van der Waals surface area contributed by atoms with Gasteiger partial charge in [0.15, 0.2) is 10.1 Å². The summed E-state index contributed by atoms with van der Waals surface area (Å²) in [5.74, 6) is 0.482. The average molecular weight is 399 g/mol. The molecule has 1 aromatic carbocycles. The third kappa shape index (κ3) is 3.82. The van der Waals surface area contributed by atoms with Crippen LogP contribution in [0.15, 0.2) is 52.7 Å². The number of rotatable bonds is 7. The first-order valence-corrected chi connectivity index (χ1v) is 9.92. The van der Waals surface area contributed by atoms with Crippen LogP contribution in [0.4, 0.5) is 16.5 Å². The van der Waals surface area contributed by atoms with Crippen LogP contribution in [0.3, 0.4) is 0 Å². The molecule has 1 aliphatic heterocycles. The summed E-state index contributed by atoms with van der Waals surface area (Å²) in [7, 11) is 3.72. The summed E-state index contributed by atoms with van der Waals surface area (Å²) in [6.07, 6.45) is 1.73. The number of anilines is 3. The molecule has 2 heterocycles. The molecule has 0 fully saturated rings. The van der Waals surface area contributed by atoms with E-state index in [2.05, 4.69) is 28.2 Å². The topological polar surface area (TPSA) is 85.1 Å². The molecule has 1 aliphatic rings. The maximum absolute atomic E-state index is 12.7. The molecule has 1 N–H and O–H groups in total. The molecule has 1 aromatic heterocycles. The fourth-order valence-corrected chi connectivity index (χ4v) is 4.39. The maximum Gasteiger partial charge on any atom is 0.206 e. The number of allylic oxidation sites excluding steroid dienone is 1. The summed E-state index contributed by atoms with van der Waals surface area (Å²) >= 11 is 2.65. The Labute approximate surface area is 166 Å². The van der Waals surface area contributed by atoms with Gasteiger partial charge >= 0.3 is 0 Å². The van der Waals surface area contributed by atoms with Crippen LogP contribution in [0.1, 0.15) is 0 Å². The van der Waals surface area contributed by atoms with Crippen LogP contribution in [0, 0.1) is 11.3 Å². The normalized spacial score (nSPS) is 12.6. The zero-order valence-corrected chi connectivity index (χ0v) is 16.6. The van der Waals surface area contributed by atoms with Crippen molar-refractivity contribution in [1.82, 2.24) is 10.2 Å². The largest absolute Gasteiger partial charge is 0.357 e. The lowest BCUT2D eigenvalue weighted by Crippen LogP contribution is -2.26. The number of Topliss-reactive ketones (excluding diaryl/α,β-unsaturated/α-hetero) is 1. The van der Waals surface area contributed by atoms with Crippen LogP contribution < -0.4 is 15.1 Å². The standard InChI is InChI=1S/C18H18N6OS2/c1-4-9-20-17-21-22-18(27-17)26-11-15(25)12(10-19)16-23(2)13-7-5-6-8-14(13)24(16)3/h4-8H,1,9,11H2,2-3H3,(H,20,21). The Kier molecular flexibility index (Phi) is 5.78. The molecule has 138 valence electrons. The zero-order chi connectivity index (χ0) is 19.4. The number of hydrogen-bond donors (Lipinski definition) is 1. The van der Waals surface area contributed by atoms with Crippen LogP contribution in [0.2, 0.25) is 0 Å². The van der Waals surface area contributed by atoms with Gasteiger partial charge in [-0.05, 0) is 12.1 Å². The monoisotopic (exact) mass is 398 g/mol. The Morgan fingerprint density at radius 2 is 2.00 bits per heavy atom. The molecular formula is C18H18N6OS2. The molecule has 0 aliphatic carbocycles. The van der Waals surface area contributed by atoms with Gasteiger partial charge in [0, 0.05) is 20.6 Å². The number of hydrogen-bond acceptors (Lipinski definition) is 9. The summed E-state index contributed by atoms with van der Waals surface area (Å²) in [5, 5.41) is 21.4. The molecule has 0 saturated heterocycles. The summed E-state index contributed by atoms with van der Waals surface area (Å²) < 4.78 is 0.675. The molecular weight excluding hydrogens is 380 g/mol. The molecule has 3 rings (SSSR count). The lowest BCUT2D eigenvalue weighted by atomic mass is 10.2. The van der Waals surface area contributed by atoms with Crippen molar-refractivity contribution in [2.24, 2.45) is 0 Å². The third-order valence-corrected chi connectivity index (χ3v) is 6.00. The number of nitrogens with zero attached hydrogens (tertiary/aromatic N) is 5. The molecule has 0 spiro atoms. The Bertz CT molecular complexity index is 914. The van der Waals surface area contributed by atoms with Gasteiger partial charge in [-0.15, -0.1) is 16.8 Å². The molecule has 2 aromatic rings. The van der Waals surface area contributed by atoms with Crippen molar-refractivity contribution in [1.29, 1.82) is 5.26 Å². The van der Waals surface area contributed by atoms with Gasteiger partial charge in [0.2, 0.25) is 5.13 Å². The smallest absolute Gasteiger partial charge is 0.206 e. The highest BCUT2D eigenvalue weighted by Gasteiger charge is 2.31. The van der Waals surface area contributed by atoms with E-state index in [0.29, 0.717) is 21.8 Å². The molecule has 27 heavy (non-hydrogen) atoms. The first-order valence-electron chi connectivity index (χ1n) is 8.12. The Hall–Kier alpha value is -2.83. The average Bonchev–Trinajstić information content (AvgIpc) is 3.24. The number of ketones is 1. The lowest BCUT2D eigenvalue weighted by Gasteiger charge is -2.19. The number of carbonyl (C=O) groups is 1. The molecule has 0 saturated carbocycles. The van der Waals surface area contributed by atoms with E-state index in [1.54, 1.807) is 6.08 Å². The molecule has 0 amide bonds. The van der Waals surface area contributed by atoms with E-state index >= 15 is 0 Å². The Morgan fingerprint density at radius 3 is 2.59 bits per heavy atom. The first-order chi connectivity index (χ1) is 13.1. The van der Waals surface area contributed by atoms with Crippen molar-refractivity contribution in [2.75, 3.05) is 41.5 Å². The highest BCUT2D eigenvalue weighted by atomic mass is 32.2. The van der Waals surface area contributed by atoms with E-state index < -0.39 is 0 Å². The second kappa shape index (κ2) is 8.24. The number of benzene rings is 1. The van der Waals surface area contributed by atoms with Crippen molar-refractivity contribution < 1.29 is 4.79 Å². The van der Waals surface area contributed by atoms with E-state index in [0.717, 1.165) is 11.4 Å². The predicted molar refractivity (Wildman–Crippen MR) is 110 cm³/mol. The molecule has 0 unspecified atom stereocenters. The predicted octanol–water partition coefficient (Wildman–Crippen LogP) is 3.12. The molecule has 0 atom stereocenters. The summed E-state index contributed by atoms with van der Waals surface area (Å²) in [6, 6.07) is 9.88. The van der Waals surface area contributed by atoms with Gasteiger partial charge in [-0.2, -0.15) is 5.26 Å². The van der Waals surface area contributed by atoms with Crippen molar-refractivity contribution >= 4 is 45.4 Å². The lowest BCUT2D eigenvalue weighted by molar-refractivity contribution is -0.112. The quantitative estimate of drug-likeness (QED) is 0.330. The van der Waals surface area contributed by atoms with Gasteiger partial charge in [0.1, 0.15) is 17.5 Å². The van der Waals surface area contributed by atoms with Crippen LogP contribution in [0.25, 0.3) is 0 Å². The van der Waals surface area contributed by atoms with Crippen LogP contribution in [0.5, 0.6) is 0 Å². The van der Waals surface area contributed by atoms with E-state index in [4.69, 9.17) is 0 Å². The number of nitrogens with one attached hydrogen (secondary N) is 1. The van der Waals surface area contributed by atoms with E-state index in [9.17, 15) is 10.1 Å². The van der Waals surface area contributed by atoms with Crippen LogP contribution in [-0.4, -0.2) is 42.4 Å². The van der Waals surface area contributed by atoms with Gasteiger partial charge in [0.25, 0.3) is 0 Å². The number of thioether (sulfide) groups is 1. The minimum Gasteiger partial charge on any atom is -0.357 e. The molecule has 9 heteroatoms. The summed E-state index contributed by atoms with van der Waals surface area (Å²) in [5.41, 5.74) is 2.06. The van der Waals surface area contributed by atoms with Crippen molar-refractivity contribution in [2.45, 2.75) is 4.34 Å². The number of nitriles is 1. The molecule has 0 bridgehead atoms. The van der Waals surface area contributed by atoms with Gasteiger partial charge in [-0.1, -0.05) is 41.3 Å². The molecule has 7 nitrogen and oxygen atoms in total. The number of carbonyl (C=O) groups excluding carboxylic acids is 1. The van der Waals surface area contributed by atoms with Crippen LogP contribution >= 0.6 is 23.1 Å². The zero-order valence-electron chi connectivity index (χ0n) is 15.0. The second-order valence-corrected chi connectivity index (χ2v) is 7.87. The SMILES string of the molecule is C=CCNc1nnc(SCC(=O)C(C#N)=C2N(C)c3ccccc3N2C)s1. The van der Waals surface area contributed by atoms with Gasteiger partial charge in [-0.3, -0.25) is 4.79 Å². The first kappa shape index (κ1) is 18.9. The minimum atomic E-state index is -0.236. The summed E-state index contributed by atoms with van der Waals surface area (Å²) in [6.45, 7) is 4.24. The summed E-state index contributed by atoms with van der Waals surface area (Å²) in [4.78, 5) is 16.5. The maximum atomic E-state index is 12.7. The fraction of sp³-hybridized carbons (Fsp3) is 0.222. The van der Waals surface area contributed by atoms with Gasteiger partial charge in [0.05, 0.1) is 17.1 Å². The van der Waals surface area contributed by atoms with Gasteiger partial charge in [-0.25, -0.2) is 0 Å². The van der Waals surface area contributed by atoms with E-state index in [-0.39, 0.29) is 17.1 Å². The second-order valence-electron chi connectivity index (χ2n) is 5.67. The highest BCUT2D eigenvalue weighted by Crippen LogP contribution is 2.40. The number of para-hydroxylation sites is 2. The van der Waals surface area contributed by atoms with Crippen molar-refractivity contribution in [3.05, 3.63) is 48.3 Å². The van der Waals surface area contributed by atoms with Crippen molar-refractivity contribution in [3.8, 4) is 6.07 Å². The third-order valence-electron chi connectivity index (χ3n) is 3.98.